The van der Waals surface area contributed by atoms with Gasteiger partial charge in [0.25, 0.3) is 5.56 Å². The lowest BCUT2D eigenvalue weighted by Crippen LogP contribution is -2.52. The van der Waals surface area contributed by atoms with E-state index < -0.39 is 0 Å². The van der Waals surface area contributed by atoms with E-state index in [0.717, 1.165) is 17.1 Å². The Kier molecular flexibility index (Phi) is 5.88. The number of hydrogen-bond donors (Lipinski definition) is 1. The van der Waals surface area contributed by atoms with Crippen LogP contribution in [0.15, 0.2) is 59.7 Å². The fourth-order valence-corrected chi connectivity index (χ4v) is 4.12. The second kappa shape index (κ2) is 8.58. The minimum absolute atomic E-state index is 0.00524. The first-order valence-corrected chi connectivity index (χ1v) is 10.6. The molecule has 1 aromatic carbocycles. The summed E-state index contributed by atoms with van der Waals surface area (Å²) in [5, 5.41) is 4.38. The van der Waals surface area contributed by atoms with Crippen LogP contribution in [0.3, 0.4) is 0 Å². The molecular weight excluding hydrogens is 398 g/mol. The molecule has 1 fully saturated rings. The summed E-state index contributed by atoms with van der Waals surface area (Å²) in [7, 11) is 0. The highest BCUT2D eigenvalue weighted by Crippen LogP contribution is 2.27. The Morgan fingerprint density at radius 1 is 1.10 bits per heavy atom. The Morgan fingerprint density at radius 3 is 2.47 bits per heavy atom. The summed E-state index contributed by atoms with van der Waals surface area (Å²) in [6.45, 7) is 7.66. The van der Waals surface area contributed by atoms with Crippen LogP contribution in [0.4, 0.5) is 5.95 Å². The first-order valence-electron chi connectivity index (χ1n) is 10.2. The van der Waals surface area contributed by atoms with Gasteiger partial charge in [-0.15, -0.1) is 0 Å². The molecule has 0 saturated carbocycles. The molecule has 3 aromatic rings. The summed E-state index contributed by atoms with van der Waals surface area (Å²) < 4.78 is 1.78. The van der Waals surface area contributed by atoms with Crippen LogP contribution in [0.5, 0.6) is 0 Å². The fourth-order valence-electron chi connectivity index (χ4n) is 3.99. The van der Waals surface area contributed by atoms with Gasteiger partial charge in [0, 0.05) is 54.2 Å². The number of rotatable bonds is 4. The molecule has 4 rings (SSSR count). The molecule has 2 atom stereocenters. The molecule has 30 heavy (non-hydrogen) atoms. The Balaban J connectivity index is 1.76. The van der Waals surface area contributed by atoms with E-state index >= 15 is 0 Å². The number of aromatic nitrogens is 3. The van der Waals surface area contributed by atoms with Crippen LogP contribution in [0.25, 0.3) is 11.3 Å². The van der Waals surface area contributed by atoms with Crippen molar-refractivity contribution in [2.45, 2.75) is 38.9 Å². The van der Waals surface area contributed by atoms with E-state index in [1.54, 1.807) is 23.0 Å². The number of piperazine rings is 1. The van der Waals surface area contributed by atoms with Crippen LogP contribution >= 0.6 is 11.6 Å². The summed E-state index contributed by atoms with van der Waals surface area (Å²) in [5.41, 5.74) is 2.68. The van der Waals surface area contributed by atoms with E-state index in [1.165, 1.54) is 5.56 Å². The molecule has 0 aliphatic carbocycles. The second-order valence-corrected chi connectivity index (χ2v) is 8.49. The van der Waals surface area contributed by atoms with Crippen molar-refractivity contribution >= 4 is 17.5 Å². The largest absolute Gasteiger partial charge is 0.339 e. The molecule has 3 heterocycles. The van der Waals surface area contributed by atoms with Crippen molar-refractivity contribution < 1.29 is 0 Å². The van der Waals surface area contributed by atoms with Crippen molar-refractivity contribution in [3.8, 4) is 11.3 Å². The molecule has 0 bridgehead atoms. The zero-order valence-electron chi connectivity index (χ0n) is 17.4. The third-order valence-corrected chi connectivity index (χ3v) is 5.62. The lowest BCUT2D eigenvalue weighted by molar-refractivity contribution is 0.385. The van der Waals surface area contributed by atoms with Gasteiger partial charge in [-0.2, -0.15) is 0 Å². The van der Waals surface area contributed by atoms with Crippen LogP contribution in [-0.2, 0) is 0 Å². The van der Waals surface area contributed by atoms with E-state index in [0.29, 0.717) is 18.2 Å². The van der Waals surface area contributed by atoms with E-state index in [2.05, 4.69) is 22.1 Å². The summed E-state index contributed by atoms with van der Waals surface area (Å²) in [6.07, 6.45) is 3.43. The number of halogens is 1. The zero-order valence-corrected chi connectivity index (χ0v) is 18.2. The SMILES string of the molecule is CC(C)n1c(N2C[C@@H](C)N[C@@H](c3ccc(Cl)cc3)C2)nc(-c2ccncc2)cc1=O. The van der Waals surface area contributed by atoms with Gasteiger partial charge in [0.15, 0.2) is 0 Å². The molecule has 1 N–H and O–H groups in total. The Labute approximate surface area is 181 Å². The van der Waals surface area contributed by atoms with Gasteiger partial charge >= 0.3 is 0 Å². The molecule has 1 aliphatic rings. The van der Waals surface area contributed by atoms with E-state index in [-0.39, 0.29) is 23.7 Å². The minimum Gasteiger partial charge on any atom is -0.339 e. The van der Waals surface area contributed by atoms with Gasteiger partial charge in [-0.25, -0.2) is 4.98 Å². The lowest BCUT2D eigenvalue weighted by atomic mass is 10.0. The zero-order chi connectivity index (χ0) is 21.3. The average Bonchev–Trinajstić information content (AvgIpc) is 2.73. The summed E-state index contributed by atoms with van der Waals surface area (Å²) in [4.78, 5) is 24.3. The van der Waals surface area contributed by atoms with Crippen molar-refractivity contribution in [2.75, 3.05) is 18.0 Å². The lowest BCUT2D eigenvalue weighted by Gasteiger charge is -2.39. The van der Waals surface area contributed by atoms with Crippen molar-refractivity contribution in [3.05, 3.63) is 75.8 Å². The number of nitrogens with zero attached hydrogens (tertiary/aromatic N) is 4. The van der Waals surface area contributed by atoms with Gasteiger partial charge in [0.2, 0.25) is 5.95 Å². The van der Waals surface area contributed by atoms with Crippen LogP contribution in [-0.4, -0.2) is 33.7 Å². The van der Waals surface area contributed by atoms with Crippen LogP contribution < -0.4 is 15.8 Å². The van der Waals surface area contributed by atoms with E-state index in [1.807, 2.05) is 50.2 Å². The van der Waals surface area contributed by atoms with Crippen molar-refractivity contribution in [1.82, 2.24) is 19.9 Å². The highest BCUT2D eigenvalue weighted by atomic mass is 35.5. The Hall–Kier alpha value is -2.70. The number of pyridine rings is 1. The predicted octanol–water partition coefficient (Wildman–Crippen LogP) is 4.08. The van der Waals surface area contributed by atoms with Gasteiger partial charge in [-0.1, -0.05) is 23.7 Å². The first-order chi connectivity index (χ1) is 14.4. The van der Waals surface area contributed by atoms with Gasteiger partial charge in [-0.3, -0.25) is 14.3 Å². The number of anilines is 1. The van der Waals surface area contributed by atoms with Crippen LogP contribution in [0.2, 0.25) is 5.02 Å². The van der Waals surface area contributed by atoms with Crippen molar-refractivity contribution in [2.24, 2.45) is 0 Å². The molecule has 0 spiro atoms. The number of nitrogens with one attached hydrogen (secondary N) is 1. The molecule has 7 heteroatoms. The first kappa shape index (κ1) is 20.6. The molecule has 2 aromatic heterocycles. The number of hydrogen-bond acceptors (Lipinski definition) is 5. The molecule has 1 aliphatic heterocycles. The van der Waals surface area contributed by atoms with E-state index in [9.17, 15) is 4.79 Å². The van der Waals surface area contributed by atoms with Gasteiger partial charge in [0.1, 0.15) is 0 Å². The monoisotopic (exact) mass is 423 g/mol. The van der Waals surface area contributed by atoms with Crippen LogP contribution in [0, 0.1) is 0 Å². The Morgan fingerprint density at radius 2 is 1.80 bits per heavy atom. The highest BCUT2D eigenvalue weighted by Gasteiger charge is 2.28. The standard InChI is InChI=1S/C23H26ClN5O/c1-15(2)29-22(30)12-20(18-8-10-25-11-9-18)27-23(29)28-13-16(3)26-21(14-28)17-4-6-19(24)7-5-17/h4-12,15-16,21,26H,13-14H2,1-3H3/t16-,21-/m1/s1. The molecule has 0 amide bonds. The smallest absolute Gasteiger partial charge is 0.255 e. The molecule has 0 unspecified atom stereocenters. The van der Waals surface area contributed by atoms with Gasteiger partial charge in [0.05, 0.1) is 11.7 Å². The summed E-state index contributed by atoms with van der Waals surface area (Å²) in [6, 6.07) is 13.6. The van der Waals surface area contributed by atoms with Crippen molar-refractivity contribution in [1.29, 1.82) is 0 Å². The molecule has 1 saturated heterocycles. The maximum Gasteiger partial charge on any atom is 0.255 e. The topological polar surface area (TPSA) is 63.1 Å². The fraction of sp³-hybridized carbons (Fsp3) is 0.348. The summed E-state index contributed by atoms with van der Waals surface area (Å²) in [5.74, 6) is 0.705. The van der Waals surface area contributed by atoms with E-state index in [4.69, 9.17) is 16.6 Å². The maximum atomic E-state index is 13.0. The maximum absolute atomic E-state index is 13.0. The average molecular weight is 424 g/mol. The Bertz CT molecular complexity index is 1070. The molecule has 6 nitrogen and oxygen atoms in total. The highest BCUT2D eigenvalue weighted by molar-refractivity contribution is 6.30. The quantitative estimate of drug-likeness (QED) is 0.685. The van der Waals surface area contributed by atoms with Crippen molar-refractivity contribution in [3.63, 3.8) is 0 Å². The molecular formula is C23H26ClN5O. The third-order valence-electron chi connectivity index (χ3n) is 5.36. The molecule has 156 valence electrons. The summed E-state index contributed by atoms with van der Waals surface area (Å²) >= 11 is 6.07. The third kappa shape index (κ3) is 4.25. The van der Waals surface area contributed by atoms with Crippen LogP contribution in [0.1, 0.15) is 38.4 Å². The molecule has 0 radical (unpaired) electrons. The normalized spacial score (nSPS) is 19.3. The van der Waals surface area contributed by atoms with Gasteiger partial charge < -0.3 is 10.2 Å². The van der Waals surface area contributed by atoms with Gasteiger partial charge in [-0.05, 0) is 50.6 Å². The predicted molar refractivity (Wildman–Crippen MR) is 121 cm³/mol. The minimum atomic E-state index is -0.0453. The number of benzene rings is 1. The second-order valence-electron chi connectivity index (χ2n) is 8.06.